The van der Waals surface area contributed by atoms with Crippen molar-refractivity contribution in [3.8, 4) is 16.9 Å². The van der Waals surface area contributed by atoms with E-state index in [-0.39, 0.29) is 0 Å². The van der Waals surface area contributed by atoms with Gasteiger partial charge in [0.25, 0.3) is 0 Å². The van der Waals surface area contributed by atoms with Crippen molar-refractivity contribution in [1.82, 2.24) is 5.32 Å². The minimum absolute atomic E-state index is 0.585. The summed E-state index contributed by atoms with van der Waals surface area (Å²) in [6.45, 7) is 2.26. The summed E-state index contributed by atoms with van der Waals surface area (Å²) < 4.78 is 5.81. The molecule has 29 heavy (non-hydrogen) atoms. The molecule has 0 heterocycles. The quantitative estimate of drug-likeness (QED) is 0.392. The van der Waals surface area contributed by atoms with Crippen molar-refractivity contribution in [3.63, 3.8) is 0 Å². The lowest BCUT2D eigenvalue weighted by Crippen LogP contribution is -2.13. The van der Waals surface area contributed by atoms with Crippen LogP contribution in [0.1, 0.15) is 16.7 Å². The molecule has 2 nitrogen and oxygen atoms in total. The molecule has 4 aromatic carbocycles. The zero-order valence-corrected chi connectivity index (χ0v) is 16.4. The summed E-state index contributed by atoms with van der Waals surface area (Å²) in [6.07, 6.45) is 0. The number of para-hydroxylation sites is 1. The molecule has 144 valence electrons. The average molecular weight is 380 g/mol. The smallest absolute Gasteiger partial charge is 0.119 e. The van der Waals surface area contributed by atoms with Crippen molar-refractivity contribution in [2.24, 2.45) is 0 Å². The largest absolute Gasteiger partial charge is 0.489 e. The van der Waals surface area contributed by atoms with Crippen LogP contribution in [0.3, 0.4) is 0 Å². The zero-order valence-electron chi connectivity index (χ0n) is 16.4. The van der Waals surface area contributed by atoms with E-state index < -0.39 is 0 Å². The minimum atomic E-state index is 0.585. The SMILES string of the molecule is c1ccc(OCc2ccc(CNCc3ccccc3-c3ccccc3)cc2)cc1. The van der Waals surface area contributed by atoms with Gasteiger partial charge in [-0.1, -0.05) is 97.1 Å². The molecule has 0 aliphatic carbocycles. The first-order valence-electron chi connectivity index (χ1n) is 9.98. The monoisotopic (exact) mass is 379 g/mol. The van der Waals surface area contributed by atoms with Gasteiger partial charge in [0.05, 0.1) is 0 Å². The Morgan fingerprint density at radius 2 is 1.17 bits per heavy atom. The summed E-state index contributed by atoms with van der Waals surface area (Å²) in [6, 6.07) is 37.7. The Balaban J connectivity index is 1.31. The van der Waals surface area contributed by atoms with Crippen molar-refractivity contribution in [2.75, 3.05) is 0 Å². The fourth-order valence-corrected chi connectivity index (χ4v) is 3.35. The van der Waals surface area contributed by atoms with Crippen molar-refractivity contribution >= 4 is 0 Å². The van der Waals surface area contributed by atoms with Gasteiger partial charge in [0.2, 0.25) is 0 Å². The summed E-state index contributed by atoms with van der Waals surface area (Å²) in [4.78, 5) is 0. The summed E-state index contributed by atoms with van der Waals surface area (Å²) in [5.74, 6) is 0.898. The molecule has 0 amide bonds. The van der Waals surface area contributed by atoms with E-state index >= 15 is 0 Å². The lowest BCUT2D eigenvalue weighted by Gasteiger charge is -2.11. The molecule has 0 aliphatic rings. The van der Waals surface area contributed by atoms with E-state index in [4.69, 9.17) is 4.74 Å². The van der Waals surface area contributed by atoms with Crippen LogP contribution < -0.4 is 10.1 Å². The third kappa shape index (κ3) is 5.34. The number of benzene rings is 4. The fourth-order valence-electron chi connectivity index (χ4n) is 3.35. The Kier molecular flexibility index (Phi) is 6.36. The van der Waals surface area contributed by atoms with Gasteiger partial charge in [-0.3, -0.25) is 0 Å². The van der Waals surface area contributed by atoms with Crippen LogP contribution in [0.15, 0.2) is 109 Å². The summed E-state index contributed by atoms with van der Waals surface area (Å²) in [7, 11) is 0. The number of rotatable bonds is 8. The van der Waals surface area contributed by atoms with Crippen LogP contribution in [0.5, 0.6) is 5.75 Å². The number of hydrogen-bond donors (Lipinski definition) is 1. The first-order chi connectivity index (χ1) is 14.4. The molecule has 0 radical (unpaired) electrons. The minimum Gasteiger partial charge on any atom is -0.489 e. The molecule has 2 heteroatoms. The maximum atomic E-state index is 5.81. The highest BCUT2D eigenvalue weighted by atomic mass is 16.5. The third-order valence-electron chi connectivity index (χ3n) is 4.92. The molecule has 0 atom stereocenters. The van der Waals surface area contributed by atoms with Gasteiger partial charge >= 0.3 is 0 Å². The molecule has 1 N–H and O–H groups in total. The second-order valence-corrected chi connectivity index (χ2v) is 7.04. The van der Waals surface area contributed by atoms with Gasteiger partial charge in [0.1, 0.15) is 12.4 Å². The second kappa shape index (κ2) is 9.72. The molecule has 4 rings (SSSR count). The zero-order chi connectivity index (χ0) is 19.7. The Bertz CT molecular complexity index is 1010. The van der Waals surface area contributed by atoms with Gasteiger partial charge in [-0.15, -0.1) is 0 Å². The van der Waals surface area contributed by atoms with Crippen molar-refractivity contribution < 1.29 is 4.74 Å². The standard InChI is InChI=1S/C27H25NO/c1-3-9-24(10-4-1)27-14-8-7-11-25(27)20-28-19-22-15-17-23(18-16-22)21-29-26-12-5-2-6-13-26/h1-18,28H,19-21H2. The lowest BCUT2D eigenvalue weighted by atomic mass is 10.00. The first-order valence-corrected chi connectivity index (χ1v) is 9.98. The Morgan fingerprint density at radius 1 is 0.552 bits per heavy atom. The van der Waals surface area contributed by atoms with Crippen molar-refractivity contribution in [3.05, 3.63) is 126 Å². The van der Waals surface area contributed by atoms with Gasteiger partial charge in [-0.25, -0.2) is 0 Å². The molecule has 0 fully saturated rings. The van der Waals surface area contributed by atoms with E-state index in [2.05, 4.69) is 84.2 Å². The van der Waals surface area contributed by atoms with E-state index in [0.29, 0.717) is 6.61 Å². The van der Waals surface area contributed by atoms with Gasteiger partial charge in [0, 0.05) is 13.1 Å². The number of nitrogens with one attached hydrogen (secondary N) is 1. The summed E-state index contributed by atoms with van der Waals surface area (Å²) in [5, 5.41) is 3.57. The van der Waals surface area contributed by atoms with Crippen LogP contribution >= 0.6 is 0 Å². The van der Waals surface area contributed by atoms with Crippen LogP contribution in [0.2, 0.25) is 0 Å². The molecule has 0 aromatic heterocycles. The molecule has 0 saturated heterocycles. The van der Waals surface area contributed by atoms with E-state index in [1.807, 2.05) is 30.3 Å². The van der Waals surface area contributed by atoms with Crippen LogP contribution in [0.25, 0.3) is 11.1 Å². The van der Waals surface area contributed by atoms with Crippen molar-refractivity contribution in [2.45, 2.75) is 19.7 Å². The first kappa shape index (κ1) is 19.0. The number of hydrogen-bond acceptors (Lipinski definition) is 2. The third-order valence-corrected chi connectivity index (χ3v) is 4.92. The van der Waals surface area contributed by atoms with E-state index in [1.54, 1.807) is 0 Å². The van der Waals surface area contributed by atoms with Gasteiger partial charge in [-0.2, -0.15) is 0 Å². The van der Waals surface area contributed by atoms with Crippen LogP contribution in [0.4, 0.5) is 0 Å². The van der Waals surface area contributed by atoms with Crippen molar-refractivity contribution in [1.29, 1.82) is 0 Å². The Labute approximate surface area is 172 Å². The van der Waals surface area contributed by atoms with Crippen LogP contribution in [-0.2, 0) is 19.7 Å². The second-order valence-electron chi connectivity index (χ2n) is 7.04. The molecule has 0 aliphatic heterocycles. The molecular weight excluding hydrogens is 354 g/mol. The highest BCUT2D eigenvalue weighted by molar-refractivity contribution is 5.67. The van der Waals surface area contributed by atoms with E-state index in [1.165, 1.54) is 27.8 Å². The molecule has 0 unspecified atom stereocenters. The Morgan fingerprint density at radius 3 is 1.93 bits per heavy atom. The average Bonchev–Trinajstić information content (AvgIpc) is 2.80. The summed E-state index contributed by atoms with van der Waals surface area (Å²) >= 11 is 0. The maximum absolute atomic E-state index is 5.81. The normalized spacial score (nSPS) is 10.6. The van der Waals surface area contributed by atoms with Gasteiger partial charge < -0.3 is 10.1 Å². The van der Waals surface area contributed by atoms with Gasteiger partial charge in [-0.05, 0) is 39.9 Å². The summed E-state index contributed by atoms with van der Waals surface area (Å²) in [5.41, 5.74) is 6.30. The fraction of sp³-hybridized carbons (Fsp3) is 0.111. The van der Waals surface area contributed by atoms with Gasteiger partial charge in [0.15, 0.2) is 0 Å². The Hall–Kier alpha value is -3.36. The number of ether oxygens (including phenoxy) is 1. The molecule has 0 spiro atoms. The van der Waals surface area contributed by atoms with E-state index in [0.717, 1.165) is 18.8 Å². The predicted octanol–water partition coefficient (Wildman–Crippen LogP) is 6.22. The highest BCUT2D eigenvalue weighted by Gasteiger charge is 2.04. The lowest BCUT2D eigenvalue weighted by molar-refractivity contribution is 0.306. The van der Waals surface area contributed by atoms with E-state index in [9.17, 15) is 0 Å². The predicted molar refractivity (Wildman–Crippen MR) is 120 cm³/mol. The topological polar surface area (TPSA) is 21.3 Å². The highest BCUT2D eigenvalue weighted by Crippen LogP contribution is 2.23. The molecule has 0 bridgehead atoms. The van der Waals surface area contributed by atoms with Crippen LogP contribution in [0, 0.1) is 0 Å². The molecule has 4 aromatic rings. The molecule has 0 saturated carbocycles. The molecular formula is C27H25NO. The van der Waals surface area contributed by atoms with Crippen LogP contribution in [-0.4, -0.2) is 0 Å². The maximum Gasteiger partial charge on any atom is 0.119 e.